The highest BCUT2D eigenvalue weighted by Crippen LogP contribution is 2.41. The largest absolute Gasteiger partial charge is 0.332 e. The van der Waals surface area contributed by atoms with Crippen LogP contribution >= 0.6 is 0 Å². The van der Waals surface area contributed by atoms with Gasteiger partial charge in [-0.25, -0.2) is 0 Å². The molecule has 122 valence electrons. The Hall–Kier alpha value is -2.18. The second-order valence-electron chi connectivity index (χ2n) is 6.74. The number of aromatic nitrogens is 5. The Labute approximate surface area is 135 Å². The summed E-state index contributed by atoms with van der Waals surface area (Å²) in [5.74, 6) is 0.146. The first-order valence-electron chi connectivity index (χ1n) is 8.25. The minimum atomic E-state index is 0.146. The first-order chi connectivity index (χ1) is 11.1. The first-order valence-corrected chi connectivity index (χ1v) is 8.25. The Bertz CT molecular complexity index is 720. The molecule has 1 amide bonds. The molecular formula is C16H22N6O. The van der Waals surface area contributed by atoms with Gasteiger partial charge in [0, 0.05) is 24.8 Å². The van der Waals surface area contributed by atoms with Gasteiger partial charge in [-0.15, -0.1) is 0 Å². The Morgan fingerprint density at radius 2 is 1.70 bits per heavy atom. The summed E-state index contributed by atoms with van der Waals surface area (Å²) >= 11 is 0. The van der Waals surface area contributed by atoms with Crippen molar-refractivity contribution in [2.45, 2.75) is 57.7 Å². The van der Waals surface area contributed by atoms with E-state index in [2.05, 4.69) is 20.2 Å². The number of carbonyl (C=O) groups excluding carboxylic acids is 1. The monoisotopic (exact) mass is 314 g/mol. The van der Waals surface area contributed by atoms with E-state index in [9.17, 15) is 4.79 Å². The molecule has 2 unspecified atom stereocenters. The summed E-state index contributed by atoms with van der Waals surface area (Å²) in [5, 5.41) is 13.0. The summed E-state index contributed by atoms with van der Waals surface area (Å²) < 4.78 is 1.80. The lowest BCUT2D eigenvalue weighted by Gasteiger charge is -2.38. The van der Waals surface area contributed by atoms with E-state index in [-0.39, 0.29) is 18.0 Å². The lowest BCUT2D eigenvalue weighted by Crippen LogP contribution is -2.47. The number of hydrogen-bond donors (Lipinski definition) is 0. The van der Waals surface area contributed by atoms with E-state index in [1.807, 2.05) is 25.7 Å². The van der Waals surface area contributed by atoms with Crippen molar-refractivity contribution < 1.29 is 4.79 Å². The van der Waals surface area contributed by atoms with Crippen molar-refractivity contribution in [1.82, 2.24) is 29.7 Å². The van der Waals surface area contributed by atoms with Crippen molar-refractivity contribution >= 4 is 5.91 Å². The third kappa shape index (κ3) is 2.17. The second kappa shape index (κ2) is 5.18. The third-order valence-corrected chi connectivity index (χ3v) is 5.43. The van der Waals surface area contributed by atoms with Gasteiger partial charge in [0.25, 0.3) is 5.91 Å². The fourth-order valence-corrected chi connectivity index (χ4v) is 4.30. The molecule has 0 radical (unpaired) electrons. The molecule has 2 bridgehead atoms. The van der Waals surface area contributed by atoms with Crippen LogP contribution in [0.2, 0.25) is 0 Å². The molecular weight excluding hydrogens is 292 g/mol. The zero-order valence-corrected chi connectivity index (χ0v) is 13.8. The van der Waals surface area contributed by atoms with Crippen LogP contribution in [0, 0.1) is 13.8 Å². The molecule has 7 heteroatoms. The Morgan fingerprint density at radius 1 is 1.09 bits per heavy atom. The van der Waals surface area contributed by atoms with Crippen molar-refractivity contribution in [2.75, 3.05) is 0 Å². The van der Waals surface area contributed by atoms with Crippen LogP contribution in [0.25, 0.3) is 0 Å². The van der Waals surface area contributed by atoms with E-state index in [1.54, 1.807) is 17.1 Å². The quantitative estimate of drug-likeness (QED) is 0.845. The molecule has 0 aromatic carbocycles. The molecule has 2 fully saturated rings. The van der Waals surface area contributed by atoms with Crippen molar-refractivity contribution in [3.63, 3.8) is 0 Å². The molecule has 0 aliphatic carbocycles. The van der Waals surface area contributed by atoms with Crippen molar-refractivity contribution in [1.29, 1.82) is 0 Å². The summed E-state index contributed by atoms with van der Waals surface area (Å²) in [6.45, 7) is 3.89. The van der Waals surface area contributed by atoms with E-state index < -0.39 is 0 Å². The van der Waals surface area contributed by atoms with Crippen LogP contribution in [0.1, 0.15) is 53.5 Å². The van der Waals surface area contributed by atoms with Gasteiger partial charge in [-0.05, 0) is 39.5 Å². The number of aryl methyl sites for hydroxylation is 2. The van der Waals surface area contributed by atoms with Crippen molar-refractivity contribution in [3.05, 3.63) is 29.3 Å². The second-order valence-corrected chi connectivity index (χ2v) is 6.74. The molecule has 2 aromatic rings. The fourth-order valence-electron chi connectivity index (χ4n) is 4.30. The predicted molar refractivity (Wildman–Crippen MR) is 84.0 cm³/mol. The molecule has 2 aliphatic rings. The molecule has 0 spiro atoms. The standard InChI is InChI=1S/C16H22N6O/c1-10-15(11(2)20(3)19-10)16(23)21-12-4-5-13(21)9-14(8-12)22-17-6-7-18-22/h6-7,12-14H,4-5,8-9H2,1-3H3. The van der Waals surface area contributed by atoms with Crippen molar-refractivity contribution in [3.8, 4) is 0 Å². The van der Waals surface area contributed by atoms with Gasteiger partial charge in [-0.1, -0.05) is 0 Å². The maximum atomic E-state index is 13.1. The lowest BCUT2D eigenvalue weighted by molar-refractivity contribution is 0.0510. The predicted octanol–water partition coefficient (Wildman–Crippen LogP) is 1.64. The zero-order valence-electron chi connectivity index (χ0n) is 13.8. The number of carbonyl (C=O) groups is 1. The lowest BCUT2D eigenvalue weighted by atomic mass is 9.96. The number of fused-ring (bicyclic) bond motifs is 2. The summed E-state index contributed by atoms with van der Waals surface area (Å²) in [6, 6.07) is 0.884. The van der Waals surface area contributed by atoms with Crippen LogP contribution in [0.5, 0.6) is 0 Å². The minimum Gasteiger partial charge on any atom is -0.332 e. The SMILES string of the molecule is Cc1nn(C)c(C)c1C(=O)N1C2CCC1CC(n1nccn1)C2. The van der Waals surface area contributed by atoms with Crippen molar-refractivity contribution in [2.24, 2.45) is 7.05 Å². The number of amides is 1. The highest BCUT2D eigenvalue weighted by molar-refractivity contribution is 5.97. The normalized spacial score (nSPS) is 26.7. The van der Waals surface area contributed by atoms with E-state index >= 15 is 0 Å². The van der Waals surface area contributed by atoms with Crippen LogP contribution in [0.4, 0.5) is 0 Å². The zero-order chi connectivity index (χ0) is 16.1. The van der Waals surface area contributed by atoms with E-state index in [0.29, 0.717) is 6.04 Å². The maximum absolute atomic E-state index is 13.1. The average molecular weight is 314 g/mol. The van der Waals surface area contributed by atoms with Gasteiger partial charge in [0.1, 0.15) is 0 Å². The van der Waals surface area contributed by atoms with E-state index in [0.717, 1.165) is 42.6 Å². The van der Waals surface area contributed by atoms with Gasteiger partial charge in [-0.2, -0.15) is 20.1 Å². The molecule has 0 N–H and O–H groups in total. The van der Waals surface area contributed by atoms with Crippen LogP contribution in [0.15, 0.2) is 12.4 Å². The molecule has 4 heterocycles. The molecule has 2 saturated heterocycles. The number of rotatable bonds is 2. The molecule has 23 heavy (non-hydrogen) atoms. The number of nitrogens with zero attached hydrogens (tertiary/aromatic N) is 6. The van der Waals surface area contributed by atoms with Gasteiger partial charge in [0.2, 0.25) is 0 Å². The van der Waals surface area contributed by atoms with E-state index in [1.165, 1.54) is 0 Å². The third-order valence-electron chi connectivity index (χ3n) is 5.43. The smallest absolute Gasteiger partial charge is 0.258 e. The minimum absolute atomic E-state index is 0.146. The maximum Gasteiger partial charge on any atom is 0.258 e. The molecule has 2 aromatic heterocycles. The molecule has 2 atom stereocenters. The summed E-state index contributed by atoms with van der Waals surface area (Å²) in [7, 11) is 1.89. The topological polar surface area (TPSA) is 68.8 Å². The highest BCUT2D eigenvalue weighted by Gasteiger charge is 2.45. The molecule has 2 aliphatic heterocycles. The van der Waals surface area contributed by atoms with Gasteiger partial charge in [-0.3, -0.25) is 9.48 Å². The summed E-state index contributed by atoms with van der Waals surface area (Å²) in [6.07, 6.45) is 7.48. The fraction of sp³-hybridized carbons (Fsp3) is 0.625. The molecule has 4 rings (SSSR count). The number of piperidine rings is 1. The molecule has 0 saturated carbocycles. The highest BCUT2D eigenvalue weighted by atomic mass is 16.2. The Balaban J connectivity index is 1.60. The Morgan fingerprint density at radius 3 is 2.22 bits per heavy atom. The van der Waals surface area contributed by atoms with Gasteiger partial charge < -0.3 is 4.90 Å². The van der Waals surface area contributed by atoms with Gasteiger partial charge in [0.15, 0.2) is 0 Å². The van der Waals surface area contributed by atoms with Gasteiger partial charge in [0.05, 0.1) is 29.7 Å². The molecule has 7 nitrogen and oxygen atoms in total. The van der Waals surface area contributed by atoms with Gasteiger partial charge >= 0.3 is 0 Å². The first kappa shape index (κ1) is 14.4. The van der Waals surface area contributed by atoms with Crippen LogP contribution in [-0.2, 0) is 7.05 Å². The summed E-state index contributed by atoms with van der Waals surface area (Å²) in [4.78, 5) is 17.1. The van der Waals surface area contributed by atoms with Crippen LogP contribution < -0.4 is 0 Å². The average Bonchev–Trinajstić information content (AvgIpc) is 3.19. The number of hydrogen-bond acceptors (Lipinski definition) is 4. The Kier molecular flexibility index (Phi) is 3.25. The summed E-state index contributed by atoms with van der Waals surface area (Å²) in [5.41, 5.74) is 2.55. The van der Waals surface area contributed by atoms with Crippen LogP contribution in [0.3, 0.4) is 0 Å². The van der Waals surface area contributed by atoms with E-state index in [4.69, 9.17) is 0 Å². The van der Waals surface area contributed by atoms with Crippen LogP contribution in [-0.4, -0.2) is 47.7 Å².